The number of piperazine rings is 1. The smallest absolute Gasteiger partial charge is 0.136 e. The van der Waals surface area contributed by atoms with Gasteiger partial charge in [-0.05, 0) is 19.2 Å². The number of pyridine rings is 1. The monoisotopic (exact) mass is 273 g/mol. The standard InChI is InChI=1S/C15H23N5/c1-18-8-10-19(11-9-18)7-5-16-12-14-13-17-15-4-2-3-6-20(14)15/h2-4,6,13,16H,5,7-12H2,1H3. The Bertz CT molecular complexity index is 542. The van der Waals surface area contributed by atoms with Crippen molar-refractivity contribution in [2.75, 3.05) is 46.3 Å². The molecule has 0 amide bonds. The van der Waals surface area contributed by atoms with Crippen molar-refractivity contribution in [3.63, 3.8) is 0 Å². The Morgan fingerprint density at radius 2 is 2.05 bits per heavy atom. The Kier molecular flexibility index (Phi) is 4.30. The second kappa shape index (κ2) is 6.35. The predicted molar refractivity (Wildman–Crippen MR) is 80.8 cm³/mol. The van der Waals surface area contributed by atoms with E-state index in [4.69, 9.17) is 0 Å². The van der Waals surface area contributed by atoms with E-state index < -0.39 is 0 Å². The van der Waals surface area contributed by atoms with Crippen molar-refractivity contribution in [3.05, 3.63) is 36.3 Å². The van der Waals surface area contributed by atoms with Crippen LogP contribution in [0.25, 0.3) is 5.65 Å². The average molecular weight is 273 g/mol. The molecule has 3 rings (SSSR count). The van der Waals surface area contributed by atoms with Crippen LogP contribution in [0.1, 0.15) is 5.69 Å². The van der Waals surface area contributed by atoms with E-state index in [0.29, 0.717) is 0 Å². The lowest BCUT2D eigenvalue weighted by Gasteiger charge is -2.32. The molecule has 1 aliphatic rings. The minimum Gasteiger partial charge on any atom is -0.310 e. The lowest BCUT2D eigenvalue weighted by atomic mass is 10.3. The lowest BCUT2D eigenvalue weighted by molar-refractivity contribution is 0.154. The molecule has 0 atom stereocenters. The predicted octanol–water partition coefficient (Wildman–Crippen LogP) is 0.671. The molecular formula is C15H23N5. The van der Waals surface area contributed by atoms with Crippen LogP contribution in [0.3, 0.4) is 0 Å². The summed E-state index contributed by atoms with van der Waals surface area (Å²) in [6.07, 6.45) is 4.03. The molecule has 0 spiro atoms. The molecule has 5 heteroatoms. The van der Waals surface area contributed by atoms with E-state index in [9.17, 15) is 0 Å². The summed E-state index contributed by atoms with van der Waals surface area (Å²) in [4.78, 5) is 9.32. The summed E-state index contributed by atoms with van der Waals surface area (Å²) >= 11 is 0. The normalized spacial score (nSPS) is 17.9. The van der Waals surface area contributed by atoms with E-state index >= 15 is 0 Å². The van der Waals surface area contributed by atoms with Gasteiger partial charge in [-0.2, -0.15) is 0 Å². The van der Waals surface area contributed by atoms with Crippen molar-refractivity contribution in [2.45, 2.75) is 6.54 Å². The minimum atomic E-state index is 0.874. The third-order valence-electron chi connectivity index (χ3n) is 4.00. The van der Waals surface area contributed by atoms with Crippen LogP contribution >= 0.6 is 0 Å². The highest BCUT2D eigenvalue weighted by Gasteiger charge is 2.12. The first kappa shape index (κ1) is 13.5. The van der Waals surface area contributed by atoms with E-state index in [-0.39, 0.29) is 0 Å². The molecule has 3 heterocycles. The summed E-state index contributed by atoms with van der Waals surface area (Å²) in [5.74, 6) is 0. The third kappa shape index (κ3) is 3.17. The Balaban J connectivity index is 1.44. The van der Waals surface area contributed by atoms with E-state index in [2.05, 4.69) is 37.7 Å². The van der Waals surface area contributed by atoms with Crippen molar-refractivity contribution in [3.8, 4) is 0 Å². The molecule has 20 heavy (non-hydrogen) atoms. The highest BCUT2D eigenvalue weighted by Crippen LogP contribution is 2.05. The number of nitrogens with zero attached hydrogens (tertiary/aromatic N) is 4. The molecule has 0 saturated carbocycles. The van der Waals surface area contributed by atoms with Crippen LogP contribution in [-0.2, 0) is 6.54 Å². The van der Waals surface area contributed by atoms with Gasteiger partial charge in [-0.25, -0.2) is 4.98 Å². The summed E-state index contributed by atoms with van der Waals surface area (Å²) in [6.45, 7) is 7.79. The molecule has 0 bridgehead atoms. The quantitative estimate of drug-likeness (QED) is 0.812. The van der Waals surface area contributed by atoms with Crippen LogP contribution in [0, 0.1) is 0 Å². The summed E-state index contributed by atoms with van der Waals surface area (Å²) in [7, 11) is 2.19. The number of aromatic nitrogens is 2. The molecule has 0 aliphatic carbocycles. The molecule has 0 unspecified atom stereocenters. The molecule has 1 aliphatic heterocycles. The minimum absolute atomic E-state index is 0.874. The van der Waals surface area contributed by atoms with E-state index in [1.165, 1.54) is 31.9 Å². The van der Waals surface area contributed by atoms with E-state index in [1.54, 1.807) is 0 Å². The first-order valence-electron chi connectivity index (χ1n) is 7.35. The molecule has 0 radical (unpaired) electrons. The number of imidazole rings is 1. The van der Waals surface area contributed by atoms with Gasteiger partial charge in [-0.3, -0.25) is 4.90 Å². The fraction of sp³-hybridized carbons (Fsp3) is 0.533. The molecule has 1 fully saturated rings. The van der Waals surface area contributed by atoms with Crippen molar-refractivity contribution in [2.24, 2.45) is 0 Å². The van der Waals surface area contributed by atoms with Crippen molar-refractivity contribution >= 4 is 5.65 Å². The van der Waals surface area contributed by atoms with Crippen LogP contribution in [0.15, 0.2) is 30.6 Å². The zero-order chi connectivity index (χ0) is 13.8. The van der Waals surface area contributed by atoms with Crippen LogP contribution < -0.4 is 5.32 Å². The Morgan fingerprint density at radius 3 is 2.90 bits per heavy atom. The maximum Gasteiger partial charge on any atom is 0.136 e. The van der Waals surface area contributed by atoms with Gasteiger partial charge in [-0.1, -0.05) is 6.07 Å². The van der Waals surface area contributed by atoms with Gasteiger partial charge < -0.3 is 14.6 Å². The van der Waals surface area contributed by atoms with Crippen LogP contribution in [-0.4, -0.2) is 65.5 Å². The maximum atomic E-state index is 4.40. The zero-order valence-electron chi connectivity index (χ0n) is 12.1. The van der Waals surface area contributed by atoms with Gasteiger partial charge in [-0.15, -0.1) is 0 Å². The highest BCUT2D eigenvalue weighted by molar-refractivity contribution is 5.39. The average Bonchev–Trinajstić information content (AvgIpc) is 2.89. The molecule has 1 saturated heterocycles. The van der Waals surface area contributed by atoms with Gasteiger partial charge in [0.1, 0.15) is 5.65 Å². The van der Waals surface area contributed by atoms with Gasteiger partial charge in [0.25, 0.3) is 0 Å². The number of nitrogens with one attached hydrogen (secondary N) is 1. The number of hydrogen-bond acceptors (Lipinski definition) is 4. The Hall–Kier alpha value is -1.43. The molecule has 0 aromatic carbocycles. The zero-order valence-corrected chi connectivity index (χ0v) is 12.1. The summed E-state index contributed by atoms with van der Waals surface area (Å²) in [5.41, 5.74) is 2.24. The number of rotatable bonds is 5. The highest BCUT2D eigenvalue weighted by atomic mass is 15.2. The number of fused-ring (bicyclic) bond motifs is 1. The number of hydrogen-bond donors (Lipinski definition) is 1. The molecular weight excluding hydrogens is 250 g/mol. The topological polar surface area (TPSA) is 35.8 Å². The second-order valence-corrected chi connectivity index (χ2v) is 5.50. The van der Waals surface area contributed by atoms with Crippen LogP contribution in [0.4, 0.5) is 0 Å². The molecule has 2 aromatic heterocycles. The second-order valence-electron chi connectivity index (χ2n) is 5.50. The lowest BCUT2D eigenvalue weighted by Crippen LogP contribution is -2.46. The van der Waals surface area contributed by atoms with E-state index in [1.807, 2.05) is 24.4 Å². The number of likely N-dealkylation sites (N-methyl/N-ethyl adjacent to an activating group) is 1. The fourth-order valence-electron chi connectivity index (χ4n) is 2.64. The van der Waals surface area contributed by atoms with Crippen molar-refractivity contribution < 1.29 is 0 Å². The van der Waals surface area contributed by atoms with E-state index in [0.717, 1.165) is 25.3 Å². The first-order valence-corrected chi connectivity index (χ1v) is 7.35. The van der Waals surface area contributed by atoms with Gasteiger partial charge in [0.2, 0.25) is 0 Å². The van der Waals surface area contributed by atoms with Crippen LogP contribution in [0.2, 0.25) is 0 Å². The summed E-state index contributed by atoms with van der Waals surface area (Å²) < 4.78 is 2.14. The van der Waals surface area contributed by atoms with Gasteiger partial charge in [0.15, 0.2) is 0 Å². The largest absolute Gasteiger partial charge is 0.310 e. The molecule has 2 aromatic rings. The molecule has 1 N–H and O–H groups in total. The Labute approximate surface area is 120 Å². The third-order valence-corrected chi connectivity index (χ3v) is 4.00. The maximum absolute atomic E-state index is 4.40. The summed E-state index contributed by atoms with van der Waals surface area (Å²) in [6, 6.07) is 6.10. The van der Waals surface area contributed by atoms with Crippen molar-refractivity contribution in [1.82, 2.24) is 24.5 Å². The van der Waals surface area contributed by atoms with Crippen molar-refractivity contribution in [1.29, 1.82) is 0 Å². The molecule has 5 nitrogen and oxygen atoms in total. The fourth-order valence-corrected chi connectivity index (χ4v) is 2.64. The van der Waals surface area contributed by atoms with Gasteiger partial charge in [0, 0.05) is 52.0 Å². The molecule has 108 valence electrons. The van der Waals surface area contributed by atoms with Crippen LogP contribution in [0.5, 0.6) is 0 Å². The van der Waals surface area contributed by atoms with Gasteiger partial charge >= 0.3 is 0 Å². The summed E-state index contributed by atoms with van der Waals surface area (Å²) in [5, 5.41) is 3.52. The SMILES string of the molecule is CN1CCN(CCNCc2cnc3ccccn23)CC1. The Morgan fingerprint density at radius 1 is 1.20 bits per heavy atom. The van der Waals surface area contributed by atoms with Gasteiger partial charge in [0.05, 0.1) is 11.9 Å². The first-order chi connectivity index (χ1) is 9.83.